The molecule has 0 aromatic heterocycles. The summed E-state index contributed by atoms with van der Waals surface area (Å²) in [6.45, 7) is 2.17. The summed E-state index contributed by atoms with van der Waals surface area (Å²) in [4.78, 5) is 12.3. The van der Waals surface area contributed by atoms with E-state index in [1.807, 2.05) is 12.1 Å². The highest BCUT2D eigenvalue weighted by Crippen LogP contribution is 2.35. The first-order valence-corrected chi connectivity index (χ1v) is 7.17. The van der Waals surface area contributed by atoms with Crippen LogP contribution >= 0.6 is 11.6 Å². The van der Waals surface area contributed by atoms with Gasteiger partial charge in [0.2, 0.25) is 0 Å². The predicted octanol–water partition coefficient (Wildman–Crippen LogP) is 4.00. The van der Waals surface area contributed by atoms with Gasteiger partial charge in [-0.2, -0.15) is 0 Å². The van der Waals surface area contributed by atoms with Crippen molar-refractivity contribution in [2.45, 2.75) is 19.4 Å². The van der Waals surface area contributed by atoms with Gasteiger partial charge in [-0.05, 0) is 41.7 Å². The third-order valence-corrected chi connectivity index (χ3v) is 4.11. The quantitative estimate of drug-likeness (QED) is 0.888. The van der Waals surface area contributed by atoms with Gasteiger partial charge in [0.15, 0.2) is 0 Å². The molecule has 1 amide bonds. The van der Waals surface area contributed by atoms with Gasteiger partial charge >= 0.3 is 0 Å². The molecule has 0 bridgehead atoms. The molecule has 1 aliphatic rings. The van der Waals surface area contributed by atoms with Crippen LogP contribution < -0.4 is 5.32 Å². The number of amides is 1. The van der Waals surface area contributed by atoms with Gasteiger partial charge in [0.1, 0.15) is 0 Å². The average molecular weight is 286 g/mol. The van der Waals surface area contributed by atoms with Crippen molar-refractivity contribution in [1.82, 2.24) is 5.32 Å². The molecule has 2 nitrogen and oxygen atoms in total. The number of carbonyl (C=O) groups is 1. The van der Waals surface area contributed by atoms with E-state index in [9.17, 15) is 4.79 Å². The summed E-state index contributed by atoms with van der Waals surface area (Å²) in [5.74, 6) is 0.344. The minimum absolute atomic E-state index is 0.0685. The third kappa shape index (κ3) is 2.44. The van der Waals surface area contributed by atoms with Crippen molar-refractivity contribution in [1.29, 1.82) is 0 Å². The highest BCUT2D eigenvalue weighted by atomic mass is 35.5. The lowest BCUT2D eigenvalue weighted by Gasteiger charge is -2.19. The van der Waals surface area contributed by atoms with Crippen molar-refractivity contribution in [3.8, 4) is 0 Å². The Bertz CT molecular complexity index is 653. The van der Waals surface area contributed by atoms with E-state index in [1.54, 1.807) is 24.3 Å². The number of hydrogen-bond acceptors (Lipinski definition) is 1. The first-order valence-electron chi connectivity index (χ1n) is 6.79. The molecular weight excluding hydrogens is 270 g/mol. The molecule has 0 radical (unpaired) electrons. The maximum absolute atomic E-state index is 12.3. The van der Waals surface area contributed by atoms with Crippen LogP contribution in [0.4, 0.5) is 0 Å². The maximum Gasteiger partial charge on any atom is 0.251 e. The summed E-state index contributed by atoms with van der Waals surface area (Å²) in [6.07, 6.45) is 1.01. The SMILES string of the molecule is CC1Cc2ccccc2C1NC(=O)c1cccc(Cl)c1. The van der Waals surface area contributed by atoms with Crippen molar-refractivity contribution >= 4 is 17.5 Å². The van der Waals surface area contributed by atoms with Crippen LogP contribution in [0.2, 0.25) is 5.02 Å². The zero-order valence-corrected chi connectivity index (χ0v) is 12.0. The molecule has 2 aromatic carbocycles. The Labute approximate surface area is 123 Å². The fraction of sp³-hybridized carbons (Fsp3) is 0.235. The molecule has 3 heteroatoms. The average Bonchev–Trinajstić information content (AvgIpc) is 2.75. The van der Waals surface area contributed by atoms with E-state index in [1.165, 1.54) is 11.1 Å². The molecule has 1 aliphatic carbocycles. The van der Waals surface area contributed by atoms with Crippen LogP contribution in [0.3, 0.4) is 0 Å². The van der Waals surface area contributed by atoms with Gasteiger partial charge in [-0.1, -0.05) is 48.9 Å². The molecule has 0 heterocycles. The van der Waals surface area contributed by atoms with Crippen LogP contribution in [0.5, 0.6) is 0 Å². The summed E-state index contributed by atoms with van der Waals surface area (Å²) < 4.78 is 0. The monoisotopic (exact) mass is 285 g/mol. The first-order chi connectivity index (χ1) is 9.65. The second kappa shape index (κ2) is 5.29. The van der Waals surface area contributed by atoms with Gasteiger partial charge in [0.05, 0.1) is 6.04 Å². The number of hydrogen-bond donors (Lipinski definition) is 1. The van der Waals surface area contributed by atoms with Crippen molar-refractivity contribution in [3.05, 3.63) is 70.2 Å². The van der Waals surface area contributed by atoms with E-state index in [0.717, 1.165) is 6.42 Å². The molecule has 102 valence electrons. The van der Waals surface area contributed by atoms with Crippen LogP contribution in [0, 0.1) is 5.92 Å². The van der Waals surface area contributed by atoms with Crippen molar-refractivity contribution in [2.75, 3.05) is 0 Å². The zero-order valence-electron chi connectivity index (χ0n) is 11.3. The standard InChI is InChI=1S/C17H16ClNO/c1-11-9-12-5-2-3-8-15(12)16(11)19-17(20)13-6-4-7-14(18)10-13/h2-8,10-11,16H,9H2,1H3,(H,19,20). The summed E-state index contributed by atoms with van der Waals surface area (Å²) in [7, 11) is 0. The minimum Gasteiger partial charge on any atom is -0.345 e. The van der Waals surface area contributed by atoms with Gasteiger partial charge in [-0.25, -0.2) is 0 Å². The molecule has 3 rings (SSSR count). The van der Waals surface area contributed by atoms with Crippen LogP contribution in [0.1, 0.15) is 34.5 Å². The topological polar surface area (TPSA) is 29.1 Å². The number of benzene rings is 2. The molecule has 0 saturated carbocycles. The Balaban J connectivity index is 1.83. The fourth-order valence-electron chi connectivity index (χ4n) is 2.87. The Kier molecular flexibility index (Phi) is 3.49. The summed E-state index contributed by atoms with van der Waals surface area (Å²) >= 11 is 5.94. The van der Waals surface area contributed by atoms with Gasteiger partial charge in [-0.3, -0.25) is 4.79 Å². The number of rotatable bonds is 2. The van der Waals surface area contributed by atoms with E-state index >= 15 is 0 Å². The Morgan fingerprint density at radius 1 is 1.20 bits per heavy atom. The first kappa shape index (κ1) is 13.2. The van der Waals surface area contributed by atoms with Gasteiger partial charge < -0.3 is 5.32 Å². The maximum atomic E-state index is 12.3. The van der Waals surface area contributed by atoms with Gasteiger partial charge in [0, 0.05) is 10.6 Å². The van der Waals surface area contributed by atoms with E-state index in [4.69, 9.17) is 11.6 Å². The predicted molar refractivity (Wildman–Crippen MR) is 81.0 cm³/mol. The number of nitrogens with one attached hydrogen (secondary N) is 1. The Hall–Kier alpha value is -1.80. The van der Waals surface area contributed by atoms with E-state index < -0.39 is 0 Å². The lowest BCUT2D eigenvalue weighted by atomic mass is 10.0. The smallest absolute Gasteiger partial charge is 0.251 e. The fourth-order valence-corrected chi connectivity index (χ4v) is 3.06. The second-order valence-corrected chi connectivity index (χ2v) is 5.78. The Morgan fingerprint density at radius 3 is 2.80 bits per heavy atom. The normalized spacial score (nSPS) is 20.5. The van der Waals surface area contributed by atoms with E-state index in [2.05, 4.69) is 24.4 Å². The van der Waals surface area contributed by atoms with E-state index in [-0.39, 0.29) is 11.9 Å². The molecule has 0 spiro atoms. The second-order valence-electron chi connectivity index (χ2n) is 5.34. The van der Waals surface area contributed by atoms with Crippen LogP contribution in [-0.4, -0.2) is 5.91 Å². The third-order valence-electron chi connectivity index (χ3n) is 3.87. The van der Waals surface area contributed by atoms with Crippen molar-refractivity contribution in [2.24, 2.45) is 5.92 Å². The van der Waals surface area contributed by atoms with Crippen LogP contribution in [0.15, 0.2) is 48.5 Å². The van der Waals surface area contributed by atoms with Crippen molar-refractivity contribution in [3.63, 3.8) is 0 Å². The van der Waals surface area contributed by atoms with E-state index in [0.29, 0.717) is 16.5 Å². The van der Waals surface area contributed by atoms with Gasteiger partial charge in [0.25, 0.3) is 5.91 Å². The summed E-state index contributed by atoms with van der Waals surface area (Å²) in [5, 5.41) is 3.71. The highest BCUT2D eigenvalue weighted by molar-refractivity contribution is 6.30. The summed E-state index contributed by atoms with van der Waals surface area (Å²) in [5.41, 5.74) is 3.17. The molecular formula is C17H16ClNO. The molecule has 2 atom stereocenters. The molecule has 0 fully saturated rings. The number of halogens is 1. The lowest BCUT2D eigenvalue weighted by Crippen LogP contribution is -2.30. The lowest BCUT2D eigenvalue weighted by molar-refractivity contribution is 0.0927. The van der Waals surface area contributed by atoms with Gasteiger partial charge in [-0.15, -0.1) is 0 Å². The number of fused-ring (bicyclic) bond motifs is 1. The summed E-state index contributed by atoms with van der Waals surface area (Å²) in [6, 6.07) is 15.4. The molecule has 0 aliphatic heterocycles. The number of carbonyl (C=O) groups excluding carboxylic acids is 1. The highest BCUT2D eigenvalue weighted by Gasteiger charge is 2.30. The molecule has 20 heavy (non-hydrogen) atoms. The van der Waals surface area contributed by atoms with Crippen LogP contribution in [0.25, 0.3) is 0 Å². The molecule has 1 N–H and O–H groups in total. The molecule has 0 saturated heterocycles. The van der Waals surface area contributed by atoms with Crippen molar-refractivity contribution < 1.29 is 4.79 Å². The minimum atomic E-state index is -0.0685. The largest absolute Gasteiger partial charge is 0.345 e. The Morgan fingerprint density at radius 2 is 2.00 bits per heavy atom. The zero-order chi connectivity index (χ0) is 14.1. The molecule has 2 aromatic rings. The van der Waals surface area contributed by atoms with Crippen LogP contribution in [-0.2, 0) is 6.42 Å². The molecule has 2 unspecified atom stereocenters.